The van der Waals surface area contributed by atoms with Crippen LogP contribution < -0.4 is 5.73 Å². The van der Waals surface area contributed by atoms with Crippen molar-refractivity contribution in [3.63, 3.8) is 0 Å². The van der Waals surface area contributed by atoms with E-state index in [9.17, 15) is 0 Å². The quantitative estimate of drug-likeness (QED) is 0.548. The number of hydrogen-bond donors (Lipinski definition) is 2. The fourth-order valence-electron chi connectivity index (χ4n) is 0.788. The highest BCUT2D eigenvalue weighted by atomic mass is 32.1. The van der Waals surface area contributed by atoms with Gasteiger partial charge in [-0.15, -0.1) is 0 Å². The zero-order valence-corrected chi connectivity index (χ0v) is 6.70. The second-order valence-corrected chi connectivity index (χ2v) is 4.20. The SMILES string of the molecule is CC(N)CC(C)(C)S. The first-order valence-electron chi connectivity index (χ1n) is 2.90. The van der Waals surface area contributed by atoms with Crippen molar-refractivity contribution in [3.8, 4) is 0 Å². The van der Waals surface area contributed by atoms with Gasteiger partial charge in [0.25, 0.3) is 0 Å². The fourth-order valence-corrected chi connectivity index (χ4v) is 1.08. The maximum Gasteiger partial charge on any atom is 0.00877 e. The molecule has 0 aromatic carbocycles. The highest BCUT2D eigenvalue weighted by molar-refractivity contribution is 7.81. The Morgan fingerprint density at radius 3 is 2.00 bits per heavy atom. The summed E-state index contributed by atoms with van der Waals surface area (Å²) in [4.78, 5) is 0. The lowest BCUT2D eigenvalue weighted by Gasteiger charge is -2.18. The molecule has 0 aliphatic carbocycles. The Bertz CT molecular complexity index is 63.4. The van der Waals surface area contributed by atoms with Gasteiger partial charge in [-0.25, -0.2) is 0 Å². The van der Waals surface area contributed by atoms with Crippen LogP contribution in [0.3, 0.4) is 0 Å². The molecule has 0 saturated carbocycles. The van der Waals surface area contributed by atoms with E-state index in [-0.39, 0.29) is 10.8 Å². The van der Waals surface area contributed by atoms with E-state index in [1.807, 2.05) is 6.92 Å². The summed E-state index contributed by atoms with van der Waals surface area (Å²) in [6, 6.07) is 0.266. The van der Waals surface area contributed by atoms with Crippen LogP contribution in [0.4, 0.5) is 0 Å². The molecule has 0 aliphatic heterocycles. The van der Waals surface area contributed by atoms with Gasteiger partial charge in [-0.2, -0.15) is 12.6 Å². The normalized spacial score (nSPS) is 16.1. The van der Waals surface area contributed by atoms with E-state index in [0.717, 1.165) is 6.42 Å². The molecule has 0 heterocycles. The van der Waals surface area contributed by atoms with Crippen LogP contribution in [0.15, 0.2) is 0 Å². The summed E-state index contributed by atoms with van der Waals surface area (Å²) in [7, 11) is 0. The molecule has 1 unspecified atom stereocenters. The average Bonchev–Trinajstić information content (AvgIpc) is 1.21. The molecular weight excluding hydrogens is 118 g/mol. The van der Waals surface area contributed by atoms with Crippen LogP contribution in [0, 0.1) is 0 Å². The Labute approximate surface area is 57.1 Å². The maximum atomic E-state index is 5.53. The highest BCUT2D eigenvalue weighted by Crippen LogP contribution is 2.17. The number of hydrogen-bond acceptors (Lipinski definition) is 2. The number of nitrogens with two attached hydrogens (primary N) is 1. The molecule has 8 heavy (non-hydrogen) atoms. The van der Waals surface area contributed by atoms with Crippen molar-refractivity contribution in [1.82, 2.24) is 0 Å². The molecule has 1 atom stereocenters. The molecule has 0 rings (SSSR count). The number of rotatable bonds is 2. The summed E-state index contributed by atoms with van der Waals surface area (Å²) >= 11 is 4.31. The minimum absolute atomic E-state index is 0.0914. The van der Waals surface area contributed by atoms with E-state index in [1.165, 1.54) is 0 Å². The molecule has 0 aromatic heterocycles. The maximum absolute atomic E-state index is 5.53. The van der Waals surface area contributed by atoms with Crippen molar-refractivity contribution in [1.29, 1.82) is 0 Å². The van der Waals surface area contributed by atoms with Gasteiger partial charge in [-0.05, 0) is 13.3 Å². The molecule has 0 saturated heterocycles. The first-order valence-corrected chi connectivity index (χ1v) is 3.34. The Morgan fingerprint density at radius 1 is 1.62 bits per heavy atom. The van der Waals surface area contributed by atoms with Gasteiger partial charge < -0.3 is 5.73 Å². The average molecular weight is 133 g/mol. The van der Waals surface area contributed by atoms with Crippen LogP contribution in [0.1, 0.15) is 27.2 Å². The number of thiol groups is 1. The predicted octanol–water partition coefficient (Wildman–Crippen LogP) is 1.43. The standard InChI is InChI=1S/C6H15NS/c1-5(7)4-6(2,3)8/h5,8H,4,7H2,1-3H3. The molecule has 2 N–H and O–H groups in total. The van der Waals surface area contributed by atoms with Gasteiger partial charge in [0.1, 0.15) is 0 Å². The van der Waals surface area contributed by atoms with Crippen molar-refractivity contribution in [2.24, 2.45) is 5.73 Å². The molecular formula is C6H15NS. The largest absolute Gasteiger partial charge is 0.328 e. The lowest BCUT2D eigenvalue weighted by molar-refractivity contribution is 0.563. The Balaban J connectivity index is 3.39. The highest BCUT2D eigenvalue weighted by Gasteiger charge is 2.12. The lowest BCUT2D eigenvalue weighted by Crippen LogP contribution is -2.25. The van der Waals surface area contributed by atoms with Gasteiger partial charge in [0.05, 0.1) is 0 Å². The minimum atomic E-state index is 0.0914. The summed E-state index contributed by atoms with van der Waals surface area (Å²) in [5.74, 6) is 0. The summed E-state index contributed by atoms with van der Waals surface area (Å²) in [5, 5.41) is 0. The molecule has 0 aliphatic rings. The molecule has 0 amide bonds. The molecule has 0 aromatic rings. The zero-order chi connectivity index (χ0) is 6.78. The van der Waals surface area contributed by atoms with Crippen molar-refractivity contribution in [2.45, 2.75) is 38.0 Å². The van der Waals surface area contributed by atoms with Gasteiger partial charge in [0, 0.05) is 10.8 Å². The third-order valence-electron chi connectivity index (χ3n) is 0.822. The first-order chi connectivity index (χ1) is 3.42. The molecule has 2 heteroatoms. The third kappa shape index (κ3) is 6.31. The van der Waals surface area contributed by atoms with Gasteiger partial charge in [-0.3, -0.25) is 0 Å². The van der Waals surface area contributed by atoms with Gasteiger partial charge >= 0.3 is 0 Å². The van der Waals surface area contributed by atoms with Crippen molar-refractivity contribution in [2.75, 3.05) is 0 Å². The zero-order valence-electron chi connectivity index (χ0n) is 5.81. The van der Waals surface area contributed by atoms with Gasteiger partial charge in [0.2, 0.25) is 0 Å². The van der Waals surface area contributed by atoms with Crippen LogP contribution in [0.5, 0.6) is 0 Å². The molecule has 0 radical (unpaired) electrons. The van der Waals surface area contributed by atoms with Gasteiger partial charge in [-0.1, -0.05) is 13.8 Å². The monoisotopic (exact) mass is 133 g/mol. The molecule has 1 nitrogen and oxygen atoms in total. The molecule has 0 bridgehead atoms. The molecule has 50 valence electrons. The van der Waals surface area contributed by atoms with E-state index < -0.39 is 0 Å². The van der Waals surface area contributed by atoms with Crippen LogP contribution >= 0.6 is 12.6 Å². The Hall–Kier alpha value is 0.310. The van der Waals surface area contributed by atoms with E-state index in [1.54, 1.807) is 0 Å². The van der Waals surface area contributed by atoms with Crippen molar-refractivity contribution >= 4 is 12.6 Å². The van der Waals surface area contributed by atoms with E-state index in [2.05, 4.69) is 26.5 Å². The van der Waals surface area contributed by atoms with E-state index in [0.29, 0.717) is 0 Å². The van der Waals surface area contributed by atoms with Crippen LogP contribution in [0.25, 0.3) is 0 Å². The topological polar surface area (TPSA) is 26.0 Å². The van der Waals surface area contributed by atoms with E-state index >= 15 is 0 Å². The first kappa shape index (κ1) is 8.31. The van der Waals surface area contributed by atoms with E-state index in [4.69, 9.17) is 5.73 Å². The lowest BCUT2D eigenvalue weighted by atomic mass is 10.1. The second kappa shape index (κ2) is 2.74. The van der Waals surface area contributed by atoms with Crippen LogP contribution in [0.2, 0.25) is 0 Å². The third-order valence-corrected chi connectivity index (χ3v) is 1.00. The van der Waals surface area contributed by atoms with Crippen molar-refractivity contribution < 1.29 is 0 Å². The smallest absolute Gasteiger partial charge is 0.00877 e. The van der Waals surface area contributed by atoms with Gasteiger partial charge in [0.15, 0.2) is 0 Å². The second-order valence-electron chi connectivity index (χ2n) is 2.99. The van der Waals surface area contributed by atoms with Crippen LogP contribution in [-0.2, 0) is 0 Å². The molecule has 0 fully saturated rings. The summed E-state index contributed by atoms with van der Waals surface area (Å²) in [6.07, 6.45) is 0.968. The summed E-state index contributed by atoms with van der Waals surface area (Å²) in [6.45, 7) is 6.14. The Morgan fingerprint density at radius 2 is 2.00 bits per heavy atom. The van der Waals surface area contributed by atoms with Crippen LogP contribution in [-0.4, -0.2) is 10.8 Å². The summed E-state index contributed by atoms with van der Waals surface area (Å²) in [5.41, 5.74) is 5.53. The summed E-state index contributed by atoms with van der Waals surface area (Å²) < 4.78 is 0.0914. The van der Waals surface area contributed by atoms with Crippen molar-refractivity contribution in [3.05, 3.63) is 0 Å². The predicted molar refractivity (Wildman–Crippen MR) is 41.3 cm³/mol. The molecule has 0 spiro atoms. The fraction of sp³-hybridized carbons (Fsp3) is 1.00. The Kier molecular flexibility index (Phi) is 2.84. The minimum Gasteiger partial charge on any atom is -0.328 e.